The first kappa shape index (κ1) is 19.2. The van der Waals surface area contributed by atoms with Crippen LogP contribution in [0.1, 0.15) is 53.9 Å². The molecule has 0 radical (unpaired) electrons. The highest BCUT2D eigenvalue weighted by Gasteiger charge is 2.34. The van der Waals surface area contributed by atoms with Crippen LogP contribution in [0.4, 0.5) is 4.79 Å². The van der Waals surface area contributed by atoms with E-state index in [2.05, 4.69) is 19.2 Å². The Morgan fingerprint density at radius 1 is 1.36 bits per heavy atom. The molecular weight excluding hydrogens is 278 g/mol. The number of rotatable bonds is 9. The molecule has 1 fully saturated rings. The van der Waals surface area contributed by atoms with Gasteiger partial charge >= 0.3 is 6.09 Å². The Kier molecular flexibility index (Phi) is 7.63. The molecular formula is C17H35N3O2. The summed E-state index contributed by atoms with van der Waals surface area (Å²) in [5.74, 6) is 1.12. The molecule has 0 spiro atoms. The van der Waals surface area contributed by atoms with Gasteiger partial charge in [0.15, 0.2) is 0 Å². The summed E-state index contributed by atoms with van der Waals surface area (Å²) in [6, 6.07) is 0.391. The van der Waals surface area contributed by atoms with E-state index in [1.54, 1.807) is 0 Å². The van der Waals surface area contributed by atoms with Crippen LogP contribution in [-0.2, 0) is 4.74 Å². The number of nitrogens with zero attached hydrogens (tertiary/aromatic N) is 1. The smallest absolute Gasteiger partial charge is 0.410 e. The lowest BCUT2D eigenvalue weighted by atomic mass is 9.96. The first-order valence-electron chi connectivity index (χ1n) is 8.65. The number of amides is 1. The van der Waals surface area contributed by atoms with E-state index in [0.717, 1.165) is 45.4 Å². The van der Waals surface area contributed by atoms with Crippen LogP contribution in [0.2, 0.25) is 0 Å². The van der Waals surface area contributed by atoms with Crippen molar-refractivity contribution in [1.82, 2.24) is 10.2 Å². The van der Waals surface area contributed by atoms with Crippen molar-refractivity contribution in [2.75, 3.05) is 26.2 Å². The van der Waals surface area contributed by atoms with Crippen LogP contribution >= 0.6 is 0 Å². The van der Waals surface area contributed by atoms with Crippen LogP contribution in [-0.4, -0.2) is 48.8 Å². The van der Waals surface area contributed by atoms with E-state index >= 15 is 0 Å². The van der Waals surface area contributed by atoms with Crippen molar-refractivity contribution >= 4 is 6.09 Å². The maximum atomic E-state index is 12.2. The zero-order chi connectivity index (χ0) is 16.8. The quantitative estimate of drug-likeness (QED) is 0.642. The highest BCUT2D eigenvalue weighted by atomic mass is 16.6. The van der Waals surface area contributed by atoms with E-state index in [9.17, 15) is 4.79 Å². The van der Waals surface area contributed by atoms with Gasteiger partial charge < -0.3 is 20.7 Å². The molecule has 0 aromatic heterocycles. The second kappa shape index (κ2) is 8.73. The molecule has 0 aromatic rings. The van der Waals surface area contributed by atoms with Gasteiger partial charge in [-0.15, -0.1) is 0 Å². The number of nitrogens with two attached hydrogens (primary N) is 1. The van der Waals surface area contributed by atoms with Gasteiger partial charge in [-0.25, -0.2) is 4.79 Å². The van der Waals surface area contributed by atoms with E-state index < -0.39 is 5.60 Å². The number of nitrogens with one attached hydrogen (secondary N) is 1. The zero-order valence-corrected chi connectivity index (χ0v) is 15.0. The van der Waals surface area contributed by atoms with Gasteiger partial charge in [0.2, 0.25) is 0 Å². The standard InChI is InChI=1S/C17H35N3O2/c1-13(2)14(11-18)12-19-9-6-10-20(15-7-8-15)16(21)22-17(3,4)5/h13-15,19H,6-12,18H2,1-5H3. The summed E-state index contributed by atoms with van der Waals surface area (Å²) in [6.45, 7) is 13.5. The summed E-state index contributed by atoms with van der Waals surface area (Å²) < 4.78 is 5.50. The fourth-order valence-electron chi connectivity index (χ4n) is 2.38. The van der Waals surface area contributed by atoms with E-state index in [4.69, 9.17) is 10.5 Å². The topological polar surface area (TPSA) is 67.6 Å². The maximum Gasteiger partial charge on any atom is 0.410 e. The first-order chi connectivity index (χ1) is 10.2. The molecule has 0 heterocycles. The summed E-state index contributed by atoms with van der Waals surface area (Å²) in [7, 11) is 0. The molecule has 1 atom stereocenters. The Balaban J connectivity index is 2.26. The average Bonchev–Trinajstić information content (AvgIpc) is 3.19. The molecule has 0 saturated heterocycles. The SMILES string of the molecule is CC(C)C(CN)CNCCCN(C(=O)OC(C)(C)C)C1CC1. The maximum absolute atomic E-state index is 12.2. The Morgan fingerprint density at radius 3 is 2.45 bits per heavy atom. The second-order valence-electron chi connectivity index (χ2n) is 7.70. The minimum atomic E-state index is -0.423. The number of hydrogen-bond donors (Lipinski definition) is 2. The molecule has 1 aliphatic carbocycles. The zero-order valence-electron chi connectivity index (χ0n) is 15.0. The van der Waals surface area contributed by atoms with Gasteiger partial charge in [-0.2, -0.15) is 0 Å². The molecule has 1 amide bonds. The Labute approximate surface area is 135 Å². The predicted molar refractivity (Wildman–Crippen MR) is 90.8 cm³/mol. The average molecular weight is 313 g/mol. The third-order valence-electron chi connectivity index (χ3n) is 4.02. The Morgan fingerprint density at radius 2 is 2.00 bits per heavy atom. The largest absolute Gasteiger partial charge is 0.444 e. The Bertz CT molecular complexity index is 335. The first-order valence-corrected chi connectivity index (χ1v) is 8.65. The number of hydrogen-bond acceptors (Lipinski definition) is 4. The summed E-state index contributed by atoms with van der Waals surface area (Å²) in [4.78, 5) is 14.1. The third-order valence-corrected chi connectivity index (χ3v) is 4.02. The highest BCUT2D eigenvalue weighted by molar-refractivity contribution is 5.69. The van der Waals surface area contributed by atoms with Crippen molar-refractivity contribution in [1.29, 1.82) is 0 Å². The lowest BCUT2D eigenvalue weighted by Crippen LogP contribution is -2.40. The molecule has 1 unspecified atom stereocenters. The molecule has 5 nitrogen and oxygen atoms in total. The molecule has 0 aliphatic heterocycles. The highest BCUT2D eigenvalue weighted by Crippen LogP contribution is 2.28. The lowest BCUT2D eigenvalue weighted by Gasteiger charge is -2.27. The van der Waals surface area contributed by atoms with Gasteiger partial charge in [0, 0.05) is 12.6 Å². The van der Waals surface area contributed by atoms with Crippen molar-refractivity contribution < 1.29 is 9.53 Å². The minimum absolute atomic E-state index is 0.169. The lowest BCUT2D eigenvalue weighted by molar-refractivity contribution is 0.0232. The molecule has 1 aliphatic rings. The van der Waals surface area contributed by atoms with E-state index in [0.29, 0.717) is 17.9 Å². The summed E-state index contributed by atoms with van der Waals surface area (Å²) >= 11 is 0. The molecule has 1 saturated carbocycles. The second-order valence-corrected chi connectivity index (χ2v) is 7.70. The molecule has 3 N–H and O–H groups in total. The molecule has 0 aromatic carbocycles. The fourth-order valence-corrected chi connectivity index (χ4v) is 2.38. The van der Waals surface area contributed by atoms with E-state index in [-0.39, 0.29) is 6.09 Å². The van der Waals surface area contributed by atoms with Crippen molar-refractivity contribution in [2.24, 2.45) is 17.6 Å². The van der Waals surface area contributed by atoms with Gasteiger partial charge in [0.05, 0.1) is 0 Å². The van der Waals surface area contributed by atoms with Crippen LogP contribution in [0.5, 0.6) is 0 Å². The molecule has 1 rings (SSSR count). The van der Waals surface area contributed by atoms with Gasteiger partial charge in [-0.1, -0.05) is 13.8 Å². The summed E-state index contributed by atoms with van der Waals surface area (Å²) in [5.41, 5.74) is 5.35. The predicted octanol–water partition coefficient (Wildman–Crippen LogP) is 2.60. The van der Waals surface area contributed by atoms with Crippen LogP contribution in [0.15, 0.2) is 0 Å². The van der Waals surface area contributed by atoms with Crippen LogP contribution < -0.4 is 11.1 Å². The van der Waals surface area contributed by atoms with Crippen LogP contribution in [0, 0.1) is 11.8 Å². The van der Waals surface area contributed by atoms with Crippen LogP contribution in [0.25, 0.3) is 0 Å². The molecule has 130 valence electrons. The third kappa shape index (κ3) is 7.45. The van der Waals surface area contributed by atoms with Gasteiger partial charge in [0.1, 0.15) is 5.60 Å². The van der Waals surface area contributed by atoms with Gasteiger partial charge in [-0.05, 0) is 71.5 Å². The number of carbonyl (C=O) groups is 1. The number of carbonyl (C=O) groups excluding carboxylic acids is 1. The van der Waals surface area contributed by atoms with E-state index in [1.165, 1.54) is 0 Å². The van der Waals surface area contributed by atoms with Gasteiger partial charge in [0.25, 0.3) is 0 Å². The van der Waals surface area contributed by atoms with Crippen molar-refractivity contribution in [3.05, 3.63) is 0 Å². The van der Waals surface area contributed by atoms with Crippen molar-refractivity contribution in [3.8, 4) is 0 Å². The number of ether oxygens (including phenoxy) is 1. The Hall–Kier alpha value is -0.810. The summed E-state index contributed by atoms with van der Waals surface area (Å²) in [6.07, 6.45) is 2.99. The normalized spacial score (nSPS) is 16.7. The van der Waals surface area contributed by atoms with Crippen molar-refractivity contribution in [3.63, 3.8) is 0 Å². The minimum Gasteiger partial charge on any atom is -0.444 e. The van der Waals surface area contributed by atoms with Crippen LogP contribution in [0.3, 0.4) is 0 Å². The fraction of sp³-hybridized carbons (Fsp3) is 0.941. The van der Waals surface area contributed by atoms with E-state index in [1.807, 2.05) is 25.7 Å². The van der Waals surface area contributed by atoms with Crippen molar-refractivity contribution in [2.45, 2.75) is 65.5 Å². The van der Waals surface area contributed by atoms with Gasteiger partial charge in [-0.3, -0.25) is 0 Å². The summed E-state index contributed by atoms with van der Waals surface area (Å²) in [5, 5.41) is 3.46. The molecule has 22 heavy (non-hydrogen) atoms. The molecule has 0 bridgehead atoms. The monoisotopic (exact) mass is 313 g/mol. The molecule has 5 heteroatoms.